The van der Waals surface area contributed by atoms with Crippen molar-refractivity contribution >= 4 is 10.9 Å². The van der Waals surface area contributed by atoms with Gasteiger partial charge in [-0.2, -0.15) is 0 Å². The van der Waals surface area contributed by atoms with E-state index in [0.717, 1.165) is 16.5 Å². The number of aromatic nitrogens is 2. The highest BCUT2D eigenvalue weighted by atomic mass is 16.7. The lowest BCUT2D eigenvalue weighted by Crippen LogP contribution is -2.59. The highest BCUT2D eigenvalue weighted by Gasteiger charge is 2.45. The average molecular weight is 485 g/mol. The summed E-state index contributed by atoms with van der Waals surface area (Å²) in [5.74, 6) is 0. The molecule has 6 atom stereocenters. The van der Waals surface area contributed by atoms with E-state index in [2.05, 4.69) is 0 Å². The van der Waals surface area contributed by atoms with Crippen LogP contribution >= 0.6 is 0 Å². The molecule has 10 nitrogen and oxygen atoms in total. The Morgan fingerprint density at radius 1 is 1.14 bits per heavy atom. The molecule has 1 aromatic carbocycles. The van der Waals surface area contributed by atoms with Gasteiger partial charge in [-0.15, -0.1) is 0 Å². The lowest BCUT2D eigenvalue weighted by atomic mass is 9.98. The monoisotopic (exact) mass is 484 g/mol. The van der Waals surface area contributed by atoms with Crippen LogP contribution in [0, 0.1) is 0 Å². The zero-order valence-corrected chi connectivity index (χ0v) is 19.1. The molecule has 0 aliphatic carbocycles. The van der Waals surface area contributed by atoms with Gasteiger partial charge in [0.25, 0.3) is 5.56 Å². The van der Waals surface area contributed by atoms with Crippen molar-refractivity contribution in [3.63, 3.8) is 0 Å². The molecule has 3 aromatic rings. The number of rotatable bonds is 6. The van der Waals surface area contributed by atoms with Crippen molar-refractivity contribution in [2.24, 2.45) is 0 Å². The summed E-state index contributed by atoms with van der Waals surface area (Å²) in [6.07, 6.45) is -7.61. The Hall–Kier alpha value is -2.70. The third-order valence-electron chi connectivity index (χ3n) is 6.83. The summed E-state index contributed by atoms with van der Waals surface area (Å²) in [5, 5.41) is 51.1. The molecule has 0 bridgehead atoms. The summed E-state index contributed by atoms with van der Waals surface area (Å²) < 4.78 is 13.0. The second-order valence-electron chi connectivity index (χ2n) is 8.93. The predicted octanol–water partition coefficient (Wildman–Crippen LogP) is 0.185. The van der Waals surface area contributed by atoms with E-state index < -0.39 is 50.0 Å². The Morgan fingerprint density at radius 3 is 2.63 bits per heavy atom. The number of fused-ring (bicyclic) bond motifs is 4. The van der Waals surface area contributed by atoms with Crippen molar-refractivity contribution < 1.29 is 35.0 Å². The van der Waals surface area contributed by atoms with Gasteiger partial charge in [0.15, 0.2) is 6.29 Å². The average Bonchev–Trinajstić information content (AvgIpc) is 3.23. The van der Waals surface area contributed by atoms with Crippen LogP contribution in [0.3, 0.4) is 0 Å². The third kappa shape index (κ3) is 3.97. The van der Waals surface area contributed by atoms with Gasteiger partial charge >= 0.3 is 0 Å². The van der Waals surface area contributed by atoms with Crippen molar-refractivity contribution in [2.75, 3.05) is 6.61 Å². The summed E-state index contributed by atoms with van der Waals surface area (Å²) in [5.41, 5.74) is 3.17. The summed E-state index contributed by atoms with van der Waals surface area (Å²) in [7, 11) is 0. The van der Waals surface area contributed by atoms with Gasteiger partial charge in [-0.05, 0) is 30.2 Å². The van der Waals surface area contributed by atoms with Crippen LogP contribution in [0.1, 0.15) is 36.1 Å². The summed E-state index contributed by atoms with van der Waals surface area (Å²) in [4.78, 5) is 18.1. The van der Waals surface area contributed by atoms with Gasteiger partial charge in [0, 0.05) is 16.5 Å². The number of aliphatic hydroxyl groups excluding tert-OH is 5. The molecule has 1 saturated heterocycles. The van der Waals surface area contributed by atoms with E-state index in [1.807, 2.05) is 30.3 Å². The molecule has 10 heteroatoms. The number of benzene rings is 1. The maximum Gasteiger partial charge on any atom is 0.257 e. The van der Waals surface area contributed by atoms with Crippen LogP contribution in [0.15, 0.2) is 41.2 Å². The highest BCUT2D eigenvalue weighted by molar-refractivity contribution is 5.84. The lowest BCUT2D eigenvalue weighted by Gasteiger charge is -2.41. The van der Waals surface area contributed by atoms with Crippen LogP contribution in [0.5, 0.6) is 0 Å². The molecule has 0 unspecified atom stereocenters. The fraction of sp³-hybridized carbons (Fsp3) is 0.440. The van der Waals surface area contributed by atoms with E-state index in [4.69, 9.17) is 14.5 Å². The molecule has 0 saturated carbocycles. The summed E-state index contributed by atoms with van der Waals surface area (Å²) in [6, 6.07) is 11.4. The van der Waals surface area contributed by atoms with E-state index in [9.17, 15) is 30.3 Å². The number of aliphatic hydroxyl groups is 5. The molecular formula is C25H28N2O8. The minimum absolute atomic E-state index is 0.155. The molecule has 0 amide bonds. The van der Waals surface area contributed by atoms with Gasteiger partial charge in [0.05, 0.1) is 42.8 Å². The van der Waals surface area contributed by atoms with E-state index in [0.29, 0.717) is 29.9 Å². The number of hydrogen-bond acceptors (Lipinski definition) is 9. The smallest absolute Gasteiger partial charge is 0.257 e. The highest BCUT2D eigenvalue weighted by Crippen LogP contribution is 2.36. The molecule has 5 N–H and O–H groups in total. The van der Waals surface area contributed by atoms with Gasteiger partial charge in [-0.25, -0.2) is 4.98 Å². The fourth-order valence-electron chi connectivity index (χ4n) is 4.91. The van der Waals surface area contributed by atoms with Crippen molar-refractivity contribution in [1.82, 2.24) is 9.55 Å². The molecule has 4 heterocycles. The Labute approximate surface area is 200 Å². The van der Waals surface area contributed by atoms with E-state index in [1.165, 1.54) is 0 Å². The second kappa shape index (κ2) is 9.40. The molecule has 0 spiro atoms. The Balaban J connectivity index is 1.55. The topological polar surface area (TPSA) is 154 Å². The SMILES string of the molecule is CC[C@H](O[C@@H]1O[C@H](CO)[C@@H](O)[C@H](O)[C@H]1O)c1cc2n(c(=O)c1CO)Cc1cc3ccccc3nc1-2. The largest absolute Gasteiger partial charge is 0.394 e. The molecule has 5 rings (SSSR count). The number of pyridine rings is 2. The van der Waals surface area contributed by atoms with Crippen LogP contribution in [0.4, 0.5) is 0 Å². The van der Waals surface area contributed by atoms with Crippen LogP contribution < -0.4 is 5.56 Å². The van der Waals surface area contributed by atoms with Crippen LogP contribution in [0.2, 0.25) is 0 Å². The molecular weight excluding hydrogens is 456 g/mol. The zero-order chi connectivity index (χ0) is 24.9. The van der Waals surface area contributed by atoms with Crippen molar-refractivity contribution in [3.8, 4) is 11.4 Å². The van der Waals surface area contributed by atoms with Crippen LogP contribution in [-0.4, -0.2) is 72.4 Å². The Kier molecular flexibility index (Phi) is 6.45. The van der Waals surface area contributed by atoms with Crippen molar-refractivity contribution in [2.45, 2.75) is 63.3 Å². The molecule has 1 fully saturated rings. The standard InChI is InChI=1S/C25H28N2O8/c1-2-18(34-25-23(32)22(31)21(30)19(11-29)35-25)14-8-17-20-13(9-27(17)24(33)15(14)10-28)7-12-5-3-4-6-16(12)26-20/h3-8,18-19,21-23,25,28-32H,2,9-11H2,1H3/t18-,19+,21+,22-,23+,25+/m0/s1. The quantitative estimate of drug-likeness (QED) is 0.258. The first-order chi connectivity index (χ1) is 16.9. The normalized spacial score (nSPS) is 26.5. The van der Waals surface area contributed by atoms with Gasteiger partial charge < -0.3 is 39.6 Å². The number of para-hydroxylation sites is 1. The number of ether oxygens (including phenoxy) is 2. The Bertz CT molecular complexity index is 1310. The van der Waals surface area contributed by atoms with Gasteiger partial charge in [-0.3, -0.25) is 4.79 Å². The first-order valence-corrected chi connectivity index (χ1v) is 11.6. The molecule has 2 aromatic heterocycles. The van der Waals surface area contributed by atoms with E-state index in [1.54, 1.807) is 17.6 Å². The lowest BCUT2D eigenvalue weighted by molar-refractivity contribution is -0.312. The number of nitrogens with zero attached hydrogens (tertiary/aromatic N) is 2. The van der Waals surface area contributed by atoms with Crippen molar-refractivity contribution in [1.29, 1.82) is 0 Å². The summed E-state index contributed by atoms with van der Waals surface area (Å²) >= 11 is 0. The third-order valence-corrected chi connectivity index (χ3v) is 6.83. The van der Waals surface area contributed by atoms with E-state index in [-0.39, 0.29) is 11.1 Å². The zero-order valence-electron chi connectivity index (χ0n) is 19.1. The minimum Gasteiger partial charge on any atom is -0.394 e. The summed E-state index contributed by atoms with van der Waals surface area (Å²) in [6.45, 7) is 1.04. The second-order valence-corrected chi connectivity index (χ2v) is 8.93. The molecule has 35 heavy (non-hydrogen) atoms. The maximum atomic E-state index is 13.4. The Morgan fingerprint density at radius 2 is 1.91 bits per heavy atom. The van der Waals surface area contributed by atoms with Gasteiger partial charge in [0.1, 0.15) is 24.4 Å². The van der Waals surface area contributed by atoms with Crippen molar-refractivity contribution in [3.05, 3.63) is 63.4 Å². The first-order valence-electron chi connectivity index (χ1n) is 11.6. The predicted molar refractivity (Wildman–Crippen MR) is 124 cm³/mol. The minimum atomic E-state index is -1.59. The maximum absolute atomic E-state index is 13.4. The molecule has 2 aliphatic heterocycles. The van der Waals surface area contributed by atoms with Crippen LogP contribution in [-0.2, 0) is 22.6 Å². The fourth-order valence-corrected chi connectivity index (χ4v) is 4.91. The van der Waals surface area contributed by atoms with Gasteiger partial charge in [-0.1, -0.05) is 25.1 Å². The number of hydrogen-bond donors (Lipinski definition) is 5. The molecule has 2 aliphatic rings. The van der Waals surface area contributed by atoms with E-state index >= 15 is 0 Å². The first kappa shape index (κ1) is 24.0. The van der Waals surface area contributed by atoms with Crippen LogP contribution in [0.25, 0.3) is 22.3 Å². The molecule has 186 valence electrons. The molecule has 0 radical (unpaired) electrons. The van der Waals surface area contributed by atoms with Gasteiger partial charge in [0.2, 0.25) is 0 Å².